The SMILES string of the molecule is C=CC(=O)NC[Si](C)(OCC)OC(C)C. The number of hydrogen-bond acceptors (Lipinski definition) is 3. The van der Waals surface area contributed by atoms with E-state index in [0.717, 1.165) is 0 Å². The Morgan fingerprint density at radius 1 is 1.60 bits per heavy atom. The summed E-state index contributed by atoms with van der Waals surface area (Å²) in [5, 5.41) is 2.72. The Hall–Kier alpha value is -0.653. The number of nitrogens with one attached hydrogen (secondary N) is 1. The molecule has 0 radical (unpaired) electrons. The van der Waals surface area contributed by atoms with Gasteiger partial charge in [-0.2, -0.15) is 0 Å². The fourth-order valence-electron chi connectivity index (χ4n) is 1.25. The summed E-state index contributed by atoms with van der Waals surface area (Å²) in [6, 6.07) is 0. The second-order valence-corrected chi connectivity index (χ2v) is 6.80. The van der Waals surface area contributed by atoms with Crippen LogP contribution in [0.2, 0.25) is 6.55 Å². The fourth-order valence-corrected chi connectivity index (χ4v) is 3.61. The average Bonchev–Trinajstić information content (AvgIpc) is 2.13. The van der Waals surface area contributed by atoms with Crippen LogP contribution in [0.4, 0.5) is 0 Å². The molecule has 0 spiro atoms. The molecule has 0 fully saturated rings. The van der Waals surface area contributed by atoms with E-state index in [0.29, 0.717) is 12.8 Å². The van der Waals surface area contributed by atoms with E-state index in [1.165, 1.54) is 6.08 Å². The highest BCUT2D eigenvalue weighted by molar-refractivity contribution is 6.66. The number of amides is 1. The molecule has 0 bridgehead atoms. The van der Waals surface area contributed by atoms with Crippen LogP contribution < -0.4 is 5.32 Å². The first kappa shape index (κ1) is 14.3. The number of carbonyl (C=O) groups is 1. The van der Waals surface area contributed by atoms with Gasteiger partial charge in [-0.1, -0.05) is 6.58 Å². The average molecular weight is 231 g/mol. The molecule has 1 N–H and O–H groups in total. The van der Waals surface area contributed by atoms with Crippen molar-refractivity contribution in [2.75, 3.05) is 12.8 Å². The summed E-state index contributed by atoms with van der Waals surface area (Å²) in [6.07, 6.45) is 1.80. The summed E-state index contributed by atoms with van der Waals surface area (Å²) in [5.74, 6) is -0.194. The van der Waals surface area contributed by atoms with E-state index in [-0.39, 0.29) is 12.0 Å². The Labute approximate surface area is 92.9 Å². The molecule has 0 aromatic rings. The second-order valence-electron chi connectivity index (χ2n) is 3.66. The van der Waals surface area contributed by atoms with E-state index in [1.54, 1.807) is 0 Å². The highest BCUT2D eigenvalue weighted by Gasteiger charge is 2.32. The van der Waals surface area contributed by atoms with Gasteiger partial charge in [-0.05, 0) is 33.4 Å². The zero-order chi connectivity index (χ0) is 11.9. The number of rotatable bonds is 7. The lowest BCUT2D eigenvalue weighted by Crippen LogP contribution is -2.51. The molecule has 15 heavy (non-hydrogen) atoms. The Morgan fingerprint density at radius 2 is 2.20 bits per heavy atom. The van der Waals surface area contributed by atoms with Crippen LogP contribution in [-0.4, -0.2) is 33.3 Å². The maximum absolute atomic E-state index is 11.0. The monoisotopic (exact) mass is 231 g/mol. The van der Waals surface area contributed by atoms with E-state index in [9.17, 15) is 4.79 Å². The standard InChI is InChI=1S/C10H21NO3Si/c1-6-10(12)11-8-15(5,13-7-2)14-9(3)4/h6,9H,1,7-8H2,2-5H3,(H,11,12). The molecule has 5 heteroatoms. The van der Waals surface area contributed by atoms with E-state index >= 15 is 0 Å². The fraction of sp³-hybridized carbons (Fsp3) is 0.700. The molecule has 0 rings (SSSR count). The van der Waals surface area contributed by atoms with Crippen LogP contribution in [-0.2, 0) is 13.6 Å². The smallest absolute Gasteiger partial charge is 0.355 e. The van der Waals surface area contributed by atoms with Crippen molar-refractivity contribution in [3.8, 4) is 0 Å². The second kappa shape index (κ2) is 6.76. The van der Waals surface area contributed by atoms with Crippen LogP contribution in [0, 0.1) is 0 Å². The van der Waals surface area contributed by atoms with Gasteiger partial charge in [0.05, 0.1) is 6.17 Å². The Morgan fingerprint density at radius 3 is 2.60 bits per heavy atom. The van der Waals surface area contributed by atoms with E-state index in [1.807, 2.05) is 27.3 Å². The molecule has 88 valence electrons. The maximum Gasteiger partial charge on any atom is 0.355 e. The Balaban J connectivity index is 4.23. The first-order valence-electron chi connectivity index (χ1n) is 5.15. The predicted molar refractivity (Wildman–Crippen MR) is 62.7 cm³/mol. The van der Waals surface area contributed by atoms with Crippen LogP contribution in [0.25, 0.3) is 0 Å². The molecule has 0 aliphatic heterocycles. The van der Waals surface area contributed by atoms with Gasteiger partial charge >= 0.3 is 8.56 Å². The molecule has 1 amide bonds. The van der Waals surface area contributed by atoms with Gasteiger partial charge in [0.2, 0.25) is 5.91 Å². The maximum atomic E-state index is 11.0. The third-order valence-corrected chi connectivity index (χ3v) is 4.39. The number of hydrogen-bond donors (Lipinski definition) is 1. The topological polar surface area (TPSA) is 47.6 Å². The summed E-state index contributed by atoms with van der Waals surface area (Å²) in [4.78, 5) is 11.0. The minimum absolute atomic E-state index is 0.105. The van der Waals surface area contributed by atoms with Crippen molar-refractivity contribution in [2.45, 2.75) is 33.4 Å². The van der Waals surface area contributed by atoms with Crippen molar-refractivity contribution < 1.29 is 13.6 Å². The molecule has 1 atom stereocenters. The first-order valence-corrected chi connectivity index (χ1v) is 7.68. The molecule has 1 unspecified atom stereocenters. The van der Waals surface area contributed by atoms with Crippen LogP contribution in [0.3, 0.4) is 0 Å². The van der Waals surface area contributed by atoms with Crippen molar-refractivity contribution in [1.29, 1.82) is 0 Å². The van der Waals surface area contributed by atoms with Gasteiger partial charge in [-0.3, -0.25) is 4.79 Å². The van der Waals surface area contributed by atoms with Gasteiger partial charge in [0.25, 0.3) is 0 Å². The van der Waals surface area contributed by atoms with Crippen molar-refractivity contribution in [1.82, 2.24) is 5.32 Å². The lowest BCUT2D eigenvalue weighted by atomic mass is 10.5. The van der Waals surface area contributed by atoms with Crippen molar-refractivity contribution in [3.63, 3.8) is 0 Å². The van der Waals surface area contributed by atoms with Gasteiger partial charge in [-0.15, -0.1) is 0 Å². The lowest BCUT2D eigenvalue weighted by Gasteiger charge is -2.28. The van der Waals surface area contributed by atoms with Crippen molar-refractivity contribution >= 4 is 14.5 Å². The van der Waals surface area contributed by atoms with Crippen molar-refractivity contribution in [2.24, 2.45) is 0 Å². The number of carbonyl (C=O) groups excluding carboxylic acids is 1. The molecule has 0 heterocycles. The Kier molecular flexibility index (Phi) is 6.47. The molecule has 0 saturated heterocycles. The largest absolute Gasteiger partial charge is 0.394 e. The normalized spacial score (nSPS) is 14.7. The molecule has 0 saturated carbocycles. The minimum atomic E-state index is -2.27. The summed E-state index contributed by atoms with van der Waals surface area (Å²) < 4.78 is 11.3. The van der Waals surface area contributed by atoms with Crippen LogP contribution >= 0.6 is 0 Å². The van der Waals surface area contributed by atoms with Gasteiger partial charge in [0.15, 0.2) is 0 Å². The quantitative estimate of drug-likeness (QED) is 0.531. The molecular formula is C10H21NO3Si. The highest BCUT2D eigenvalue weighted by Crippen LogP contribution is 2.09. The van der Waals surface area contributed by atoms with Crippen LogP contribution in [0.15, 0.2) is 12.7 Å². The molecular weight excluding hydrogens is 210 g/mol. The zero-order valence-electron chi connectivity index (χ0n) is 10.0. The molecule has 4 nitrogen and oxygen atoms in total. The molecule has 0 aliphatic rings. The predicted octanol–water partition coefficient (Wildman–Crippen LogP) is 1.36. The van der Waals surface area contributed by atoms with Gasteiger partial charge in [0, 0.05) is 12.7 Å². The highest BCUT2D eigenvalue weighted by atomic mass is 28.4. The molecule has 0 aromatic carbocycles. The zero-order valence-corrected chi connectivity index (χ0v) is 11.0. The summed E-state index contributed by atoms with van der Waals surface area (Å²) in [5.41, 5.74) is 0. The van der Waals surface area contributed by atoms with Crippen LogP contribution in [0.5, 0.6) is 0 Å². The summed E-state index contributed by atoms with van der Waals surface area (Å²) >= 11 is 0. The molecule has 0 aliphatic carbocycles. The third kappa shape index (κ3) is 6.43. The van der Waals surface area contributed by atoms with E-state index < -0.39 is 8.56 Å². The minimum Gasteiger partial charge on any atom is -0.394 e. The molecule has 0 aromatic heterocycles. The third-order valence-electron chi connectivity index (χ3n) is 1.70. The van der Waals surface area contributed by atoms with Gasteiger partial charge < -0.3 is 14.2 Å². The lowest BCUT2D eigenvalue weighted by molar-refractivity contribution is -0.116. The van der Waals surface area contributed by atoms with Gasteiger partial charge in [-0.25, -0.2) is 0 Å². The van der Waals surface area contributed by atoms with E-state index in [2.05, 4.69) is 11.9 Å². The first-order chi connectivity index (χ1) is 6.93. The van der Waals surface area contributed by atoms with Crippen molar-refractivity contribution in [3.05, 3.63) is 12.7 Å². The van der Waals surface area contributed by atoms with Crippen LogP contribution in [0.1, 0.15) is 20.8 Å². The van der Waals surface area contributed by atoms with E-state index in [4.69, 9.17) is 8.85 Å². The van der Waals surface area contributed by atoms with Gasteiger partial charge in [0.1, 0.15) is 0 Å². The summed E-state index contributed by atoms with van der Waals surface area (Å²) in [7, 11) is -2.27. The summed E-state index contributed by atoms with van der Waals surface area (Å²) in [6.45, 7) is 11.8. The Bertz CT molecular complexity index is 221.